The largest absolute Gasteiger partial charge is 0.317 e. The van der Waals surface area contributed by atoms with E-state index in [-0.39, 0.29) is 0 Å². The number of hydrogen-bond donors (Lipinski definition) is 0. The molecule has 8 nitrogen and oxygen atoms in total. The van der Waals surface area contributed by atoms with Crippen molar-refractivity contribution in [3.05, 3.63) is 389 Å². The second-order valence-electron chi connectivity index (χ2n) is 27.8. The van der Waals surface area contributed by atoms with Crippen LogP contribution in [0.15, 0.2) is 389 Å². The van der Waals surface area contributed by atoms with E-state index in [1.165, 1.54) is 109 Å². The summed E-state index contributed by atoms with van der Waals surface area (Å²) >= 11 is 0. The summed E-state index contributed by atoms with van der Waals surface area (Å²) in [5.41, 5.74) is 24.2. The van der Waals surface area contributed by atoms with Crippen molar-refractivity contribution in [1.29, 1.82) is 0 Å². The lowest BCUT2D eigenvalue weighted by Crippen LogP contribution is -1.97. The highest BCUT2D eigenvalue weighted by atomic mass is 15.0. The number of fused-ring (bicyclic) bond motifs is 12. The maximum Gasteiger partial charge on any atom is 0.160 e. The van der Waals surface area contributed by atoms with Gasteiger partial charge in [0.2, 0.25) is 0 Å². The number of rotatable bonds is 10. The van der Waals surface area contributed by atoms with Gasteiger partial charge in [-0.25, -0.2) is 19.9 Å². The molecule has 0 aliphatic carbocycles. The van der Waals surface area contributed by atoms with Crippen LogP contribution in [0, 0.1) is 0 Å². The van der Waals surface area contributed by atoms with Crippen LogP contribution in [0.2, 0.25) is 0 Å². The van der Waals surface area contributed by atoms with E-state index in [1.807, 2.05) is 12.1 Å². The maximum absolute atomic E-state index is 5.23. The molecular weight excluding hydrogens is 1310 g/mol. The fourth-order valence-corrected chi connectivity index (χ4v) is 16.2. The van der Waals surface area contributed by atoms with Gasteiger partial charge in [0.1, 0.15) is 0 Å². The smallest absolute Gasteiger partial charge is 0.160 e. The predicted molar refractivity (Wildman–Crippen MR) is 449 cm³/mol. The molecule has 0 atom stereocenters. The molecule has 0 saturated heterocycles. The zero-order valence-electron chi connectivity index (χ0n) is 58.5. The maximum atomic E-state index is 5.23. The number of aromatic nitrogens is 8. The van der Waals surface area contributed by atoms with E-state index in [9.17, 15) is 0 Å². The molecule has 16 aromatic carbocycles. The SMILES string of the molecule is c1ccc(-n2ccc3cc4c(cc32)c2ccccc2n4-c2ccc(-c3nc(-c4ccc(-c5ccc6ccccc6c5)cc4)c4ccccc4n3)cc2)cc1.c1ccc(-n2ccc3cc4c(cc32)c2ccccc2n4-c2ccc(-c3nc(-c4ccc(-c5cccc6ccccc56)cc4)c4ccccc4n3)cc2)cc1. The van der Waals surface area contributed by atoms with E-state index in [0.717, 1.165) is 78.2 Å². The van der Waals surface area contributed by atoms with Gasteiger partial charge in [-0.15, -0.1) is 0 Å². The lowest BCUT2D eigenvalue weighted by atomic mass is 9.96. The van der Waals surface area contributed by atoms with Gasteiger partial charge in [-0.2, -0.15) is 0 Å². The van der Waals surface area contributed by atoms with Gasteiger partial charge in [-0.05, 0) is 183 Å². The van der Waals surface area contributed by atoms with Crippen LogP contribution in [0.1, 0.15) is 0 Å². The molecule has 6 heterocycles. The van der Waals surface area contributed by atoms with Crippen molar-refractivity contribution < 1.29 is 0 Å². The van der Waals surface area contributed by atoms with Crippen molar-refractivity contribution in [1.82, 2.24) is 38.2 Å². The van der Waals surface area contributed by atoms with E-state index in [2.05, 4.69) is 395 Å². The first-order chi connectivity index (χ1) is 53.5. The summed E-state index contributed by atoms with van der Waals surface area (Å²) in [5.74, 6) is 1.42. The molecule has 8 heteroatoms. The number of nitrogens with zero attached hydrogens (tertiary/aromatic N) is 8. The molecule has 0 N–H and O–H groups in total. The van der Waals surface area contributed by atoms with Crippen molar-refractivity contribution in [3.8, 4) is 90.3 Å². The van der Waals surface area contributed by atoms with Gasteiger partial charge in [0, 0.05) is 100 Å². The summed E-state index contributed by atoms with van der Waals surface area (Å²) in [6.45, 7) is 0. The summed E-state index contributed by atoms with van der Waals surface area (Å²) in [7, 11) is 0. The third-order valence-electron chi connectivity index (χ3n) is 21.5. The van der Waals surface area contributed by atoms with Crippen molar-refractivity contribution in [2.24, 2.45) is 0 Å². The van der Waals surface area contributed by atoms with Crippen molar-refractivity contribution in [3.63, 3.8) is 0 Å². The standard InChI is InChI=1S/2C50H32N4/c1-2-13-38(14-3-1)53-30-29-37-31-48-44(32-47(37)53)42-16-7-9-20-46(42)54(48)39-27-25-36(26-28-39)50-51-45-19-8-6-17-43(45)49(52-50)35-23-21-34(22-24-35)41-18-10-12-33-11-4-5-15-40(33)41;1-2-12-40(13-3-1)53-29-28-39-31-48-44(32-47(39)53)42-14-7-9-17-46(42)54(48)41-26-24-36(25-27-41)50-51-45-16-8-6-15-43(45)49(52-50)35-21-18-34(19-22-35)38-23-20-33-10-4-5-11-37(33)30-38/h2*1-32H. The van der Waals surface area contributed by atoms with E-state index in [0.29, 0.717) is 11.6 Å². The van der Waals surface area contributed by atoms with Crippen molar-refractivity contribution >= 4 is 109 Å². The lowest BCUT2D eigenvalue weighted by Gasteiger charge is -2.12. The van der Waals surface area contributed by atoms with Gasteiger partial charge in [-0.3, -0.25) is 0 Å². The van der Waals surface area contributed by atoms with Crippen LogP contribution in [0.4, 0.5) is 0 Å². The van der Waals surface area contributed by atoms with Crippen LogP contribution in [0.3, 0.4) is 0 Å². The molecule has 22 aromatic rings. The fraction of sp³-hybridized carbons (Fsp3) is 0. The third kappa shape index (κ3) is 10.7. The molecule has 0 fully saturated rings. The monoisotopic (exact) mass is 1380 g/mol. The fourth-order valence-electron chi connectivity index (χ4n) is 16.2. The highest BCUT2D eigenvalue weighted by Gasteiger charge is 2.21. The summed E-state index contributed by atoms with van der Waals surface area (Å²) in [6, 6.07) is 134. The summed E-state index contributed by atoms with van der Waals surface area (Å²) < 4.78 is 9.29. The Hall–Kier alpha value is -14.6. The van der Waals surface area contributed by atoms with Gasteiger partial charge < -0.3 is 18.3 Å². The molecule has 0 unspecified atom stereocenters. The van der Waals surface area contributed by atoms with Crippen LogP contribution >= 0.6 is 0 Å². The molecule has 6 aromatic heterocycles. The predicted octanol–water partition coefficient (Wildman–Crippen LogP) is 25.7. The molecule has 22 rings (SSSR count). The van der Waals surface area contributed by atoms with Gasteiger partial charge in [0.05, 0.1) is 55.5 Å². The molecule has 0 aliphatic heterocycles. The minimum absolute atomic E-state index is 0.708. The van der Waals surface area contributed by atoms with Crippen LogP contribution in [-0.2, 0) is 0 Å². The Morgan fingerprint density at radius 3 is 1.10 bits per heavy atom. The Morgan fingerprint density at radius 2 is 0.583 bits per heavy atom. The van der Waals surface area contributed by atoms with E-state index in [4.69, 9.17) is 19.9 Å². The van der Waals surface area contributed by atoms with Crippen LogP contribution in [0.5, 0.6) is 0 Å². The molecule has 108 heavy (non-hydrogen) atoms. The van der Waals surface area contributed by atoms with E-state index in [1.54, 1.807) is 0 Å². The van der Waals surface area contributed by atoms with Crippen molar-refractivity contribution in [2.75, 3.05) is 0 Å². The lowest BCUT2D eigenvalue weighted by molar-refractivity contribution is 1.13. The minimum atomic E-state index is 0.708. The Kier molecular flexibility index (Phi) is 14.7. The molecule has 0 amide bonds. The Labute approximate surface area is 621 Å². The van der Waals surface area contributed by atoms with Crippen LogP contribution in [0.25, 0.3) is 199 Å². The minimum Gasteiger partial charge on any atom is -0.317 e. The average Bonchev–Trinajstić information content (AvgIpc) is 1.57. The van der Waals surface area contributed by atoms with Gasteiger partial charge in [-0.1, -0.05) is 237 Å². The van der Waals surface area contributed by atoms with E-state index < -0.39 is 0 Å². The quantitative estimate of drug-likeness (QED) is 0.137. The molecule has 0 radical (unpaired) electrons. The number of para-hydroxylation sites is 6. The normalized spacial score (nSPS) is 11.7. The molecule has 0 bridgehead atoms. The highest BCUT2D eigenvalue weighted by molar-refractivity contribution is 6.15. The second-order valence-corrected chi connectivity index (χ2v) is 27.8. The summed E-state index contributed by atoms with van der Waals surface area (Å²) in [6.07, 6.45) is 4.33. The summed E-state index contributed by atoms with van der Waals surface area (Å²) in [5, 5.41) is 14.4. The van der Waals surface area contributed by atoms with E-state index >= 15 is 0 Å². The Morgan fingerprint density at radius 1 is 0.185 bits per heavy atom. The van der Waals surface area contributed by atoms with Crippen LogP contribution < -0.4 is 0 Å². The van der Waals surface area contributed by atoms with Gasteiger partial charge in [0.15, 0.2) is 11.6 Å². The first-order valence-electron chi connectivity index (χ1n) is 36.6. The first-order valence-corrected chi connectivity index (χ1v) is 36.6. The van der Waals surface area contributed by atoms with Crippen molar-refractivity contribution in [2.45, 2.75) is 0 Å². The number of hydrogen-bond acceptors (Lipinski definition) is 4. The Bertz CT molecular complexity index is 7240. The summed E-state index contributed by atoms with van der Waals surface area (Å²) in [4.78, 5) is 20.6. The Balaban J connectivity index is 0.000000138. The molecule has 0 aliphatic rings. The first kappa shape index (κ1) is 62.0. The zero-order valence-corrected chi connectivity index (χ0v) is 58.5. The zero-order chi connectivity index (χ0) is 71.2. The molecular formula is C100H64N8. The average molecular weight is 1380 g/mol. The molecule has 0 spiro atoms. The topological polar surface area (TPSA) is 71.3 Å². The van der Waals surface area contributed by atoms with Crippen LogP contribution in [-0.4, -0.2) is 38.2 Å². The third-order valence-corrected chi connectivity index (χ3v) is 21.5. The van der Waals surface area contributed by atoms with Gasteiger partial charge >= 0.3 is 0 Å². The second kappa shape index (κ2) is 25.7. The van der Waals surface area contributed by atoms with Gasteiger partial charge in [0.25, 0.3) is 0 Å². The number of benzene rings is 16. The molecule has 0 saturated carbocycles. The highest BCUT2D eigenvalue weighted by Crippen LogP contribution is 2.41. The molecule has 504 valence electrons.